The van der Waals surface area contributed by atoms with Gasteiger partial charge < -0.3 is 18.9 Å². The van der Waals surface area contributed by atoms with E-state index in [2.05, 4.69) is 0 Å². The van der Waals surface area contributed by atoms with Crippen LogP contribution in [0.2, 0.25) is 0 Å². The Bertz CT molecular complexity index is 655. The molecule has 0 aliphatic rings. The molecule has 8 nitrogen and oxygen atoms in total. The van der Waals surface area contributed by atoms with Crippen molar-refractivity contribution in [2.24, 2.45) is 0 Å². The molecule has 3 atom stereocenters. The Morgan fingerprint density at radius 1 is 0.778 bits per heavy atom. The molecule has 1 rings (SSSR count). The van der Waals surface area contributed by atoms with Crippen molar-refractivity contribution in [3.63, 3.8) is 0 Å². The minimum Gasteiger partial charge on any atom is -0.458 e. The van der Waals surface area contributed by atoms with Gasteiger partial charge in [0, 0.05) is 6.42 Å². The van der Waals surface area contributed by atoms with Gasteiger partial charge in [-0.2, -0.15) is 0 Å². The number of esters is 4. The highest BCUT2D eigenvalue weighted by Crippen LogP contribution is 2.07. The fourth-order valence-corrected chi connectivity index (χ4v) is 1.81. The Balaban J connectivity index is 2.43. The van der Waals surface area contributed by atoms with Gasteiger partial charge in [0.25, 0.3) is 0 Å². The number of carbonyl (C=O) groups is 4. The van der Waals surface area contributed by atoms with Crippen molar-refractivity contribution in [2.45, 2.75) is 59.0 Å². The van der Waals surface area contributed by atoms with E-state index in [1.54, 1.807) is 31.2 Å². The molecule has 0 aliphatic carbocycles. The lowest BCUT2D eigenvalue weighted by atomic mass is 10.2. The van der Waals surface area contributed by atoms with Crippen molar-refractivity contribution < 1.29 is 38.1 Å². The van der Waals surface area contributed by atoms with Crippen LogP contribution in [0.25, 0.3) is 0 Å². The molecular weight excluding hydrogens is 356 g/mol. The second-order valence-electron chi connectivity index (χ2n) is 5.74. The number of ether oxygens (including phenoxy) is 4. The van der Waals surface area contributed by atoms with E-state index in [0.717, 1.165) is 5.56 Å². The van der Waals surface area contributed by atoms with Gasteiger partial charge in [0.15, 0.2) is 18.3 Å². The molecule has 0 bridgehead atoms. The zero-order valence-electron chi connectivity index (χ0n) is 15.8. The van der Waals surface area contributed by atoms with E-state index in [-0.39, 0.29) is 13.0 Å². The van der Waals surface area contributed by atoms with Crippen LogP contribution in [-0.2, 0) is 44.7 Å². The molecule has 0 radical (unpaired) electrons. The van der Waals surface area contributed by atoms with E-state index >= 15 is 0 Å². The van der Waals surface area contributed by atoms with Gasteiger partial charge in [-0.25, -0.2) is 14.4 Å². The smallest absolute Gasteiger partial charge is 0.347 e. The standard InChI is InChI=1S/C19H24O8/c1-5-16(20)25-13(3)18(22)27-14(4)19(23)26-12(2)17(21)24-11-15-9-7-6-8-10-15/h6-10,12-14H,5,11H2,1-4H3/t12-,13-,14-/m0/s1. The van der Waals surface area contributed by atoms with Crippen molar-refractivity contribution in [1.29, 1.82) is 0 Å². The Hall–Kier alpha value is -2.90. The van der Waals surface area contributed by atoms with Crippen LogP contribution >= 0.6 is 0 Å². The minimum absolute atomic E-state index is 0.0480. The predicted molar refractivity (Wildman–Crippen MR) is 93.2 cm³/mol. The molecule has 0 amide bonds. The first-order chi connectivity index (χ1) is 12.7. The number of rotatable bonds is 9. The fourth-order valence-electron chi connectivity index (χ4n) is 1.81. The highest BCUT2D eigenvalue weighted by atomic mass is 16.6. The lowest BCUT2D eigenvalue weighted by molar-refractivity contribution is -0.182. The highest BCUT2D eigenvalue weighted by molar-refractivity contribution is 5.84. The Labute approximate surface area is 157 Å². The molecule has 0 saturated heterocycles. The molecule has 0 unspecified atom stereocenters. The van der Waals surface area contributed by atoms with Crippen LogP contribution in [0, 0.1) is 0 Å². The molecule has 0 heterocycles. The van der Waals surface area contributed by atoms with Gasteiger partial charge in [0.05, 0.1) is 0 Å². The average molecular weight is 380 g/mol. The maximum Gasteiger partial charge on any atom is 0.347 e. The molecule has 0 aromatic heterocycles. The van der Waals surface area contributed by atoms with Gasteiger partial charge in [-0.15, -0.1) is 0 Å². The third kappa shape index (κ3) is 7.89. The maximum atomic E-state index is 12.0. The van der Waals surface area contributed by atoms with E-state index in [4.69, 9.17) is 18.9 Å². The van der Waals surface area contributed by atoms with Gasteiger partial charge >= 0.3 is 23.9 Å². The summed E-state index contributed by atoms with van der Waals surface area (Å²) in [6.07, 6.45) is -3.49. The molecule has 1 aromatic carbocycles. The normalized spacial score (nSPS) is 13.6. The Morgan fingerprint density at radius 3 is 1.78 bits per heavy atom. The van der Waals surface area contributed by atoms with Gasteiger partial charge in [-0.05, 0) is 26.3 Å². The molecule has 148 valence electrons. The first-order valence-electron chi connectivity index (χ1n) is 8.55. The highest BCUT2D eigenvalue weighted by Gasteiger charge is 2.28. The number of hydrogen-bond acceptors (Lipinski definition) is 8. The van der Waals surface area contributed by atoms with E-state index in [0.29, 0.717) is 0 Å². The van der Waals surface area contributed by atoms with Crippen LogP contribution in [-0.4, -0.2) is 42.2 Å². The SMILES string of the molecule is CCC(=O)O[C@@H](C)C(=O)O[C@@H](C)C(=O)O[C@@H](C)C(=O)OCc1ccccc1. The Kier molecular flexibility index (Phi) is 8.98. The van der Waals surface area contributed by atoms with E-state index in [9.17, 15) is 19.2 Å². The largest absolute Gasteiger partial charge is 0.458 e. The third-order valence-corrected chi connectivity index (χ3v) is 3.40. The summed E-state index contributed by atoms with van der Waals surface area (Å²) >= 11 is 0. The molecule has 0 N–H and O–H groups in total. The van der Waals surface area contributed by atoms with Gasteiger partial charge in [-0.1, -0.05) is 37.3 Å². The van der Waals surface area contributed by atoms with Crippen molar-refractivity contribution in [3.05, 3.63) is 35.9 Å². The van der Waals surface area contributed by atoms with Crippen LogP contribution in [0.4, 0.5) is 0 Å². The second kappa shape index (κ2) is 10.9. The molecule has 1 aromatic rings. The first kappa shape index (κ1) is 22.1. The van der Waals surface area contributed by atoms with Crippen LogP contribution in [0.1, 0.15) is 39.7 Å². The summed E-state index contributed by atoms with van der Waals surface area (Å²) in [4.78, 5) is 46.8. The number of benzene rings is 1. The van der Waals surface area contributed by atoms with Crippen molar-refractivity contribution in [2.75, 3.05) is 0 Å². The van der Waals surface area contributed by atoms with Crippen LogP contribution in [0.5, 0.6) is 0 Å². The molecule has 0 aliphatic heterocycles. The summed E-state index contributed by atoms with van der Waals surface area (Å²) < 4.78 is 19.7. The molecule has 0 spiro atoms. The first-order valence-corrected chi connectivity index (χ1v) is 8.55. The molecule has 8 heteroatoms. The predicted octanol–water partition coefficient (Wildman–Crippen LogP) is 1.93. The fraction of sp³-hybridized carbons (Fsp3) is 0.474. The number of hydrogen-bond donors (Lipinski definition) is 0. The third-order valence-electron chi connectivity index (χ3n) is 3.40. The number of carbonyl (C=O) groups excluding carboxylic acids is 4. The van der Waals surface area contributed by atoms with Gasteiger partial charge in [0.1, 0.15) is 6.61 Å². The maximum absolute atomic E-state index is 12.0. The van der Waals surface area contributed by atoms with Crippen LogP contribution in [0.15, 0.2) is 30.3 Å². The summed E-state index contributed by atoms with van der Waals surface area (Å²) in [5.41, 5.74) is 0.794. The quantitative estimate of drug-likeness (QED) is 0.473. The van der Waals surface area contributed by atoms with Crippen LogP contribution in [0.3, 0.4) is 0 Å². The van der Waals surface area contributed by atoms with Crippen molar-refractivity contribution in [1.82, 2.24) is 0 Å². The molecule has 27 heavy (non-hydrogen) atoms. The lowest BCUT2D eigenvalue weighted by Crippen LogP contribution is -2.36. The summed E-state index contributed by atoms with van der Waals surface area (Å²) in [6.45, 7) is 5.60. The van der Waals surface area contributed by atoms with Gasteiger partial charge in [-0.3, -0.25) is 4.79 Å². The summed E-state index contributed by atoms with van der Waals surface area (Å²) in [7, 11) is 0. The van der Waals surface area contributed by atoms with Crippen LogP contribution < -0.4 is 0 Å². The minimum atomic E-state index is -1.27. The second-order valence-corrected chi connectivity index (χ2v) is 5.74. The zero-order chi connectivity index (χ0) is 20.4. The van der Waals surface area contributed by atoms with Crippen molar-refractivity contribution >= 4 is 23.9 Å². The topological polar surface area (TPSA) is 105 Å². The zero-order valence-corrected chi connectivity index (χ0v) is 15.8. The average Bonchev–Trinajstić information content (AvgIpc) is 2.66. The molecule has 0 saturated carbocycles. The molecular formula is C19H24O8. The lowest BCUT2D eigenvalue weighted by Gasteiger charge is -2.18. The van der Waals surface area contributed by atoms with Crippen molar-refractivity contribution in [3.8, 4) is 0 Å². The summed E-state index contributed by atoms with van der Waals surface area (Å²) in [6, 6.07) is 9.03. The van der Waals surface area contributed by atoms with Gasteiger partial charge in [0.2, 0.25) is 0 Å². The van der Waals surface area contributed by atoms with E-state index < -0.39 is 42.2 Å². The Morgan fingerprint density at radius 2 is 1.26 bits per heavy atom. The molecule has 0 fully saturated rings. The van der Waals surface area contributed by atoms with E-state index in [1.165, 1.54) is 20.8 Å². The summed E-state index contributed by atoms with van der Waals surface area (Å²) in [5, 5.41) is 0. The summed E-state index contributed by atoms with van der Waals surface area (Å²) in [5.74, 6) is -3.09. The van der Waals surface area contributed by atoms with E-state index in [1.807, 2.05) is 6.07 Å². The monoisotopic (exact) mass is 380 g/mol.